The largest absolute Gasteiger partial charge is 0.505 e. The molecule has 0 aliphatic rings. The third-order valence-electron chi connectivity index (χ3n) is 2.01. The first-order chi connectivity index (χ1) is 8.00. The molecule has 6 nitrogen and oxygen atoms in total. The summed E-state index contributed by atoms with van der Waals surface area (Å²) in [5.41, 5.74) is 0.0978. The minimum Gasteiger partial charge on any atom is -0.505 e. The number of phenolic OH excluding ortho intramolecular Hbond substituents is 1. The molecule has 0 saturated carbocycles. The van der Waals surface area contributed by atoms with Gasteiger partial charge in [-0.3, -0.25) is 9.82 Å². The van der Waals surface area contributed by atoms with E-state index >= 15 is 0 Å². The minimum atomic E-state index is -3.73. The molecule has 0 saturated heterocycles. The van der Waals surface area contributed by atoms with Crippen molar-refractivity contribution in [1.82, 2.24) is 10.2 Å². The van der Waals surface area contributed by atoms with Crippen LogP contribution in [-0.4, -0.2) is 23.7 Å². The van der Waals surface area contributed by atoms with Crippen molar-refractivity contribution in [2.24, 2.45) is 0 Å². The van der Waals surface area contributed by atoms with Gasteiger partial charge in [0.25, 0.3) is 10.0 Å². The van der Waals surface area contributed by atoms with Gasteiger partial charge < -0.3 is 5.11 Å². The van der Waals surface area contributed by atoms with E-state index in [2.05, 4.69) is 30.8 Å². The van der Waals surface area contributed by atoms with Gasteiger partial charge in [-0.25, -0.2) is 8.42 Å². The van der Waals surface area contributed by atoms with Gasteiger partial charge in [-0.15, -0.1) is 0 Å². The predicted molar refractivity (Wildman–Crippen MR) is 65.2 cm³/mol. The molecule has 0 atom stereocenters. The molecule has 8 heteroatoms. The van der Waals surface area contributed by atoms with Gasteiger partial charge in [-0.1, -0.05) is 6.07 Å². The molecule has 1 aromatic carbocycles. The average Bonchev–Trinajstić information content (AvgIpc) is 2.78. The topological polar surface area (TPSA) is 95.1 Å². The van der Waals surface area contributed by atoms with E-state index in [-0.39, 0.29) is 16.3 Å². The van der Waals surface area contributed by atoms with Gasteiger partial charge in [0.05, 0.1) is 16.4 Å². The van der Waals surface area contributed by atoms with Crippen molar-refractivity contribution in [3.8, 4) is 5.75 Å². The summed E-state index contributed by atoms with van der Waals surface area (Å²) in [7, 11) is -3.73. The van der Waals surface area contributed by atoms with Crippen molar-refractivity contribution in [3.63, 3.8) is 0 Å². The average molecular weight is 318 g/mol. The normalized spacial score (nSPS) is 11.4. The van der Waals surface area contributed by atoms with Gasteiger partial charge >= 0.3 is 0 Å². The lowest BCUT2D eigenvalue weighted by molar-refractivity contribution is 0.474. The van der Waals surface area contributed by atoms with Crippen LogP contribution in [0.1, 0.15) is 0 Å². The number of benzene rings is 1. The maximum absolute atomic E-state index is 11.8. The highest BCUT2D eigenvalue weighted by Crippen LogP contribution is 2.32. The van der Waals surface area contributed by atoms with Crippen molar-refractivity contribution in [1.29, 1.82) is 0 Å². The molecule has 3 N–H and O–H groups in total. The van der Waals surface area contributed by atoms with Gasteiger partial charge in [-0.05, 0) is 28.1 Å². The Kier molecular flexibility index (Phi) is 3.07. The zero-order chi connectivity index (χ0) is 12.5. The molecule has 0 spiro atoms. The fourth-order valence-electron chi connectivity index (χ4n) is 1.19. The SMILES string of the molecule is O=S(=O)(Nc1cccc(Br)c1O)c1cn[nH]c1. The number of hydrogen-bond acceptors (Lipinski definition) is 4. The van der Waals surface area contributed by atoms with Crippen molar-refractivity contribution in [3.05, 3.63) is 35.1 Å². The molecule has 1 heterocycles. The van der Waals surface area contributed by atoms with E-state index in [9.17, 15) is 13.5 Å². The van der Waals surface area contributed by atoms with Gasteiger partial charge in [0.1, 0.15) is 4.90 Å². The lowest BCUT2D eigenvalue weighted by Crippen LogP contribution is -2.12. The number of phenols is 1. The highest BCUT2D eigenvalue weighted by Gasteiger charge is 2.17. The second-order valence-corrected chi connectivity index (χ2v) is 5.71. The van der Waals surface area contributed by atoms with E-state index < -0.39 is 10.0 Å². The number of nitrogens with one attached hydrogen (secondary N) is 2. The van der Waals surface area contributed by atoms with Crippen LogP contribution in [0.15, 0.2) is 40.0 Å². The van der Waals surface area contributed by atoms with Crippen molar-refractivity contribution < 1.29 is 13.5 Å². The number of anilines is 1. The highest BCUT2D eigenvalue weighted by atomic mass is 79.9. The first kappa shape index (κ1) is 11.9. The number of para-hydroxylation sites is 1. The Morgan fingerprint density at radius 3 is 2.82 bits per heavy atom. The molecule has 17 heavy (non-hydrogen) atoms. The molecular formula is C9H8BrN3O3S. The monoisotopic (exact) mass is 317 g/mol. The number of aromatic nitrogens is 2. The number of aromatic hydroxyl groups is 1. The van der Waals surface area contributed by atoms with E-state index in [0.29, 0.717) is 4.47 Å². The molecule has 0 aliphatic carbocycles. The zero-order valence-corrected chi connectivity index (χ0v) is 10.8. The molecule has 0 aliphatic heterocycles. The number of aromatic amines is 1. The van der Waals surface area contributed by atoms with Gasteiger partial charge in [-0.2, -0.15) is 5.10 Å². The van der Waals surface area contributed by atoms with Gasteiger partial charge in [0.2, 0.25) is 0 Å². The van der Waals surface area contributed by atoms with Crippen LogP contribution < -0.4 is 4.72 Å². The number of rotatable bonds is 3. The van der Waals surface area contributed by atoms with Crippen LogP contribution in [0.5, 0.6) is 5.75 Å². The quantitative estimate of drug-likeness (QED) is 0.750. The van der Waals surface area contributed by atoms with E-state index in [1.165, 1.54) is 18.5 Å². The van der Waals surface area contributed by atoms with Crippen molar-refractivity contribution in [2.75, 3.05) is 4.72 Å². The van der Waals surface area contributed by atoms with Crippen LogP contribution in [-0.2, 0) is 10.0 Å². The molecule has 2 rings (SSSR count). The number of nitrogens with zero attached hydrogens (tertiary/aromatic N) is 1. The molecule has 1 aromatic heterocycles. The molecule has 2 aromatic rings. The molecule has 0 fully saturated rings. The highest BCUT2D eigenvalue weighted by molar-refractivity contribution is 9.10. The molecular weight excluding hydrogens is 310 g/mol. The lowest BCUT2D eigenvalue weighted by Gasteiger charge is -2.08. The maximum atomic E-state index is 11.8. The zero-order valence-electron chi connectivity index (χ0n) is 8.38. The van der Waals surface area contributed by atoms with Crippen LogP contribution >= 0.6 is 15.9 Å². The molecule has 0 unspecified atom stereocenters. The third kappa shape index (κ3) is 2.42. The lowest BCUT2D eigenvalue weighted by atomic mass is 10.3. The predicted octanol–water partition coefficient (Wildman–Crippen LogP) is 1.68. The van der Waals surface area contributed by atoms with Gasteiger partial charge in [0.15, 0.2) is 5.75 Å². The molecule has 0 amide bonds. The number of halogens is 1. The van der Waals surface area contributed by atoms with Crippen LogP contribution in [0, 0.1) is 0 Å². The van der Waals surface area contributed by atoms with Crippen LogP contribution in [0.2, 0.25) is 0 Å². The standard InChI is InChI=1S/C9H8BrN3O3S/c10-7-2-1-3-8(9(7)14)13-17(15,16)6-4-11-12-5-6/h1-5,13-14H,(H,11,12). The first-order valence-corrected chi connectivity index (χ1v) is 6.77. The minimum absolute atomic E-state index is 0.00289. The van der Waals surface area contributed by atoms with E-state index in [4.69, 9.17) is 0 Å². The second-order valence-electron chi connectivity index (χ2n) is 3.18. The Morgan fingerprint density at radius 2 is 2.18 bits per heavy atom. The maximum Gasteiger partial charge on any atom is 0.265 e. The number of H-pyrrole nitrogens is 1. The van der Waals surface area contributed by atoms with Crippen LogP contribution in [0.25, 0.3) is 0 Å². The summed E-state index contributed by atoms with van der Waals surface area (Å²) in [6.07, 6.45) is 2.43. The first-order valence-electron chi connectivity index (χ1n) is 4.50. The summed E-state index contributed by atoms with van der Waals surface area (Å²) in [5, 5.41) is 15.6. The van der Waals surface area contributed by atoms with Crippen LogP contribution in [0.3, 0.4) is 0 Å². The Morgan fingerprint density at radius 1 is 1.41 bits per heavy atom. The Balaban J connectivity index is 2.37. The number of hydrogen-bond donors (Lipinski definition) is 3. The molecule has 0 radical (unpaired) electrons. The van der Waals surface area contributed by atoms with E-state index in [1.54, 1.807) is 12.1 Å². The fourth-order valence-corrected chi connectivity index (χ4v) is 2.52. The summed E-state index contributed by atoms with van der Waals surface area (Å²) in [5.74, 6) is -0.167. The smallest absolute Gasteiger partial charge is 0.265 e. The Labute approximate surface area is 106 Å². The second kappa shape index (κ2) is 4.38. The van der Waals surface area contributed by atoms with E-state index in [1.807, 2.05) is 0 Å². The fraction of sp³-hybridized carbons (Fsp3) is 0. The Hall–Kier alpha value is -1.54. The number of sulfonamides is 1. The van der Waals surface area contributed by atoms with Gasteiger partial charge in [0, 0.05) is 6.20 Å². The summed E-state index contributed by atoms with van der Waals surface area (Å²) in [4.78, 5) is -0.00289. The molecule has 90 valence electrons. The molecule has 0 bridgehead atoms. The van der Waals surface area contributed by atoms with Crippen LogP contribution in [0.4, 0.5) is 5.69 Å². The van der Waals surface area contributed by atoms with Crippen molar-refractivity contribution in [2.45, 2.75) is 4.90 Å². The Bertz CT molecular complexity index is 625. The summed E-state index contributed by atoms with van der Waals surface area (Å²) < 4.78 is 26.3. The summed E-state index contributed by atoms with van der Waals surface area (Å²) in [6, 6.07) is 4.67. The van der Waals surface area contributed by atoms with Crippen molar-refractivity contribution >= 4 is 31.6 Å². The summed E-state index contributed by atoms with van der Waals surface area (Å²) in [6.45, 7) is 0. The van der Waals surface area contributed by atoms with E-state index in [0.717, 1.165) is 0 Å². The summed E-state index contributed by atoms with van der Waals surface area (Å²) >= 11 is 3.10. The third-order valence-corrected chi connectivity index (χ3v) is 3.99.